The minimum Gasteiger partial charge on any atom is -0.445 e. The molecule has 3 unspecified atom stereocenters. The Kier molecular flexibility index (Phi) is 9.66. The van der Waals surface area contributed by atoms with Gasteiger partial charge in [0.25, 0.3) is 0 Å². The van der Waals surface area contributed by atoms with Gasteiger partial charge in [0.1, 0.15) is 25.4 Å². The molecule has 1 heterocycles. The molecule has 0 aromatic heterocycles. The summed E-state index contributed by atoms with van der Waals surface area (Å²) in [6.07, 6.45) is -0.181. The van der Waals surface area contributed by atoms with Crippen LogP contribution in [-0.4, -0.2) is 48.0 Å². The van der Waals surface area contributed by atoms with Crippen LogP contribution in [0, 0.1) is 5.92 Å². The van der Waals surface area contributed by atoms with E-state index in [0.717, 1.165) is 11.1 Å². The van der Waals surface area contributed by atoms with Gasteiger partial charge in [0.2, 0.25) is 12.2 Å². The molecule has 188 valence electrons. The molecule has 2 aromatic rings. The van der Waals surface area contributed by atoms with E-state index < -0.39 is 24.5 Å². The zero-order chi connectivity index (χ0) is 25.2. The first-order chi connectivity index (χ1) is 16.9. The van der Waals surface area contributed by atoms with Crippen molar-refractivity contribution in [3.63, 3.8) is 0 Å². The lowest BCUT2D eigenvalue weighted by Gasteiger charge is -2.30. The van der Waals surface area contributed by atoms with Gasteiger partial charge in [-0.2, -0.15) is 0 Å². The fraction of sp³-hybridized carbons (Fsp3) is 0.444. The molecule has 1 fully saturated rings. The van der Waals surface area contributed by atoms with Gasteiger partial charge < -0.3 is 24.4 Å². The Hall–Kier alpha value is -3.39. The van der Waals surface area contributed by atoms with Gasteiger partial charge in [-0.15, -0.1) is 0 Å². The van der Waals surface area contributed by atoms with E-state index in [1.54, 1.807) is 4.90 Å². The van der Waals surface area contributed by atoms with Crippen molar-refractivity contribution in [2.24, 2.45) is 5.92 Å². The lowest BCUT2D eigenvalue weighted by atomic mass is 10.00. The van der Waals surface area contributed by atoms with E-state index >= 15 is 0 Å². The molecular formula is C27H34N2O6. The molecule has 1 saturated heterocycles. The topological polar surface area (TPSA) is 94.2 Å². The molecule has 35 heavy (non-hydrogen) atoms. The van der Waals surface area contributed by atoms with Crippen LogP contribution in [-0.2, 0) is 36.8 Å². The summed E-state index contributed by atoms with van der Waals surface area (Å²) in [6.45, 7) is 5.66. The quantitative estimate of drug-likeness (QED) is 0.514. The zero-order valence-corrected chi connectivity index (χ0v) is 20.5. The average molecular weight is 483 g/mol. The molecule has 1 N–H and O–H groups in total. The van der Waals surface area contributed by atoms with Gasteiger partial charge in [-0.25, -0.2) is 4.79 Å². The Morgan fingerprint density at radius 1 is 1.03 bits per heavy atom. The maximum atomic E-state index is 13.6. The summed E-state index contributed by atoms with van der Waals surface area (Å²) in [4.78, 5) is 39.8. The first-order valence-corrected chi connectivity index (χ1v) is 12.0. The number of ether oxygens (including phenoxy) is 3. The van der Waals surface area contributed by atoms with Crippen molar-refractivity contribution in [1.82, 2.24) is 10.2 Å². The van der Waals surface area contributed by atoms with Gasteiger partial charge in [-0.05, 0) is 29.9 Å². The van der Waals surface area contributed by atoms with Crippen LogP contribution in [0.5, 0.6) is 0 Å². The summed E-state index contributed by atoms with van der Waals surface area (Å²) in [7, 11) is 0. The maximum absolute atomic E-state index is 13.6. The molecule has 1 aliphatic rings. The van der Waals surface area contributed by atoms with Gasteiger partial charge in [-0.3, -0.25) is 9.59 Å². The van der Waals surface area contributed by atoms with Crippen molar-refractivity contribution < 1.29 is 28.6 Å². The smallest absolute Gasteiger partial charge is 0.408 e. The lowest BCUT2D eigenvalue weighted by molar-refractivity contribution is -0.171. The molecule has 0 saturated carbocycles. The van der Waals surface area contributed by atoms with Crippen LogP contribution in [0.25, 0.3) is 0 Å². The molecule has 0 bridgehead atoms. The highest BCUT2D eigenvalue weighted by atomic mass is 16.7. The number of carbonyl (C=O) groups excluding carboxylic acids is 3. The maximum Gasteiger partial charge on any atom is 0.408 e. The lowest BCUT2D eigenvalue weighted by Crippen LogP contribution is -2.54. The predicted molar refractivity (Wildman–Crippen MR) is 130 cm³/mol. The Labute approximate surface area is 206 Å². The van der Waals surface area contributed by atoms with E-state index in [2.05, 4.69) is 5.32 Å². The number of hydrogen-bond acceptors (Lipinski definition) is 6. The molecule has 0 aliphatic carbocycles. The van der Waals surface area contributed by atoms with Gasteiger partial charge in [0.15, 0.2) is 0 Å². The van der Waals surface area contributed by atoms with Crippen molar-refractivity contribution >= 4 is 18.0 Å². The normalized spacial score (nSPS) is 18.2. The van der Waals surface area contributed by atoms with E-state index in [9.17, 15) is 14.4 Å². The minimum absolute atomic E-state index is 0.0373. The second kappa shape index (κ2) is 12.9. The number of benzene rings is 2. The third-order valence-electron chi connectivity index (χ3n) is 5.78. The standard InChI is InChI=1S/C27H34N2O6/c1-4-11-23(30)35-26-22(16-20-12-7-5-8-13-20)29(18-34-26)25(31)24(19(2)3)28-27(32)33-17-21-14-9-6-10-15-21/h5-10,12-15,19,22,24,26H,4,11,16-18H2,1-3H3,(H,28,32). The average Bonchev–Trinajstić information content (AvgIpc) is 3.23. The summed E-state index contributed by atoms with van der Waals surface area (Å²) in [6, 6.07) is 17.6. The van der Waals surface area contributed by atoms with Crippen molar-refractivity contribution in [2.75, 3.05) is 6.73 Å². The second-order valence-corrected chi connectivity index (χ2v) is 8.90. The van der Waals surface area contributed by atoms with Gasteiger partial charge >= 0.3 is 12.1 Å². The Bertz CT molecular complexity index is 966. The summed E-state index contributed by atoms with van der Waals surface area (Å²) in [5.74, 6) is -0.884. The van der Waals surface area contributed by atoms with E-state index in [1.807, 2.05) is 81.4 Å². The van der Waals surface area contributed by atoms with Gasteiger partial charge in [0, 0.05) is 6.42 Å². The van der Waals surface area contributed by atoms with E-state index in [0.29, 0.717) is 12.8 Å². The number of nitrogens with zero attached hydrogens (tertiary/aromatic N) is 1. The van der Waals surface area contributed by atoms with Crippen LogP contribution < -0.4 is 5.32 Å². The molecule has 2 aromatic carbocycles. The number of nitrogens with one attached hydrogen (secondary N) is 1. The zero-order valence-electron chi connectivity index (χ0n) is 20.5. The molecule has 0 spiro atoms. The monoisotopic (exact) mass is 482 g/mol. The highest BCUT2D eigenvalue weighted by Gasteiger charge is 2.43. The fourth-order valence-corrected chi connectivity index (χ4v) is 3.89. The predicted octanol–water partition coefficient (Wildman–Crippen LogP) is 4.03. The summed E-state index contributed by atoms with van der Waals surface area (Å²) < 4.78 is 16.6. The molecule has 8 heteroatoms. The molecular weight excluding hydrogens is 448 g/mol. The van der Waals surface area contributed by atoms with Crippen LogP contribution in [0.15, 0.2) is 60.7 Å². The molecule has 3 atom stereocenters. The van der Waals surface area contributed by atoms with E-state index in [1.165, 1.54) is 0 Å². The molecule has 1 aliphatic heterocycles. The molecule has 2 amide bonds. The Balaban J connectivity index is 1.71. The number of rotatable bonds is 10. The van der Waals surface area contributed by atoms with Crippen molar-refractivity contribution in [2.45, 2.75) is 65.0 Å². The largest absolute Gasteiger partial charge is 0.445 e. The third kappa shape index (κ3) is 7.55. The summed E-state index contributed by atoms with van der Waals surface area (Å²) >= 11 is 0. The number of alkyl carbamates (subject to hydrolysis) is 1. The van der Waals surface area contributed by atoms with Crippen LogP contribution in [0.3, 0.4) is 0 Å². The number of amides is 2. The van der Waals surface area contributed by atoms with E-state index in [-0.39, 0.29) is 37.6 Å². The van der Waals surface area contributed by atoms with Crippen molar-refractivity contribution in [1.29, 1.82) is 0 Å². The van der Waals surface area contributed by atoms with Crippen molar-refractivity contribution in [3.8, 4) is 0 Å². The SMILES string of the molecule is CCCC(=O)OC1OCN(C(=O)C(NC(=O)OCc2ccccc2)C(C)C)C1Cc1ccccc1. The first-order valence-electron chi connectivity index (χ1n) is 12.0. The Morgan fingerprint density at radius 3 is 2.26 bits per heavy atom. The summed E-state index contributed by atoms with van der Waals surface area (Å²) in [5, 5.41) is 2.71. The number of carbonyl (C=O) groups is 3. The highest BCUT2D eigenvalue weighted by Crippen LogP contribution is 2.25. The van der Waals surface area contributed by atoms with Crippen LogP contribution in [0.4, 0.5) is 4.79 Å². The number of esters is 1. The van der Waals surface area contributed by atoms with Crippen molar-refractivity contribution in [3.05, 3.63) is 71.8 Å². The molecule has 0 radical (unpaired) electrons. The highest BCUT2D eigenvalue weighted by molar-refractivity contribution is 5.86. The van der Waals surface area contributed by atoms with Gasteiger partial charge in [-0.1, -0.05) is 81.4 Å². The second-order valence-electron chi connectivity index (χ2n) is 8.90. The van der Waals surface area contributed by atoms with E-state index in [4.69, 9.17) is 14.2 Å². The minimum atomic E-state index is -0.879. The molecule has 8 nitrogen and oxygen atoms in total. The van der Waals surface area contributed by atoms with Gasteiger partial charge in [0.05, 0.1) is 0 Å². The number of hydrogen-bond donors (Lipinski definition) is 1. The summed E-state index contributed by atoms with van der Waals surface area (Å²) in [5.41, 5.74) is 1.83. The molecule has 3 rings (SSSR count). The van der Waals surface area contributed by atoms with Crippen LogP contribution in [0.2, 0.25) is 0 Å². The van der Waals surface area contributed by atoms with Crippen LogP contribution in [0.1, 0.15) is 44.7 Å². The third-order valence-corrected chi connectivity index (χ3v) is 5.78. The fourth-order valence-electron chi connectivity index (χ4n) is 3.89. The van der Waals surface area contributed by atoms with Crippen LogP contribution >= 0.6 is 0 Å². The Morgan fingerprint density at radius 2 is 1.66 bits per heavy atom. The first kappa shape index (κ1) is 26.2.